The van der Waals surface area contributed by atoms with Gasteiger partial charge in [0.2, 0.25) is 0 Å². The molecule has 1 heterocycles. The lowest BCUT2D eigenvalue weighted by Gasteiger charge is -2.21. The van der Waals surface area contributed by atoms with Crippen molar-refractivity contribution >= 4 is 0 Å². The van der Waals surface area contributed by atoms with Gasteiger partial charge in [0.25, 0.3) is 0 Å². The molecule has 1 saturated heterocycles. The predicted molar refractivity (Wildman–Crippen MR) is 41.3 cm³/mol. The van der Waals surface area contributed by atoms with E-state index >= 15 is 0 Å². The van der Waals surface area contributed by atoms with Gasteiger partial charge in [-0.1, -0.05) is 19.3 Å². The quantitative estimate of drug-likeness (QED) is 0.558. The molecule has 1 saturated carbocycles. The first-order valence-electron chi connectivity index (χ1n) is 4.42. The van der Waals surface area contributed by atoms with Crippen molar-refractivity contribution in [2.24, 2.45) is 0 Å². The van der Waals surface area contributed by atoms with Crippen molar-refractivity contribution < 1.29 is 0 Å². The van der Waals surface area contributed by atoms with Gasteiger partial charge in [-0.25, -0.2) is 10.4 Å². The van der Waals surface area contributed by atoms with Gasteiger partial charge >= 0.3 is 0 Å². The summed E-state index contributed by atoms with van der Waals surface area (Å²) in [4.78, 5) is 0. The van der Waals surface area contributed by atoms with Crippen LogP contribution in [0, 0.1) is 0 Å². The van der Waals surface area contributed by atoms with Gasteiger partial charge < -0.3 is 0 Å². The van der Waals surface area contributed by atoms with Gasteiger partial charge in [-0.05, 0) is 19.8 Å². The highest BCUT2D eigenvalue weighted by Crippen LogP contribution is 2.26. The molecule has 2 heteroatoms. The van der Waals surface area contributed by atoms with Crippen LogP contribution in [0.5, 0.6) is 0 Å². The van der Waals surface area contributed by atoms with Crippen LogP contribution in [-0.2, 0) is 0 Å². The Morgan fingerprint density at radius 1 is 1.20 bits per heavy atom. The molecule has 2 nitrogen and oxygen atoms in total. The lowest BCUT2D eigenvalue weighted by molar-refractivity contribution is 0.270. The molecule has 0 bridgehead atoms. The van der Waals surface area contributed by atoms with Crippen LogP contribution in [0.15, 0.2) is 0 Å². The first kappa shape index (κ1) is 6.62. The first-order valence-corrected chi connectivity index (χ1v) is 4.42. The number of nitrogens with one attached hydrogen (secondary N) is 1. The molecule has 1 aliphatic heterocycles. The van der Waals surface area contributed by atoms with E-state index in [0.717, 1.165) is 6.04 Å². The number of rotatable bonds is 1. The fraction of sp³-hybridized carbons (Fsp3) is 1.00. The zero-order valence-corrected chi connectivity index (χ0v) is 6.64. The summed E-state index contributed by atoms with van der Waals surface area (Å²) in [5.74, 6) is 0. The molecule has 2 aliphatic rings. The fourth-order valence-corrected chi connectivity index (χ4v) is 1.96. The molecule has 0 spiro atoms. The van der Waals surface area contributed by atoms with E-state index in [1.54, 1.807) is 0 Å². The maximum atomic E-state index is 3.33. The molecule has 2 fully saturated rings. The zero-order valence-electron chi connectivity index (χ0n) is 6.64. The van der Waals surface area contributed by atoms with E-state index in [2.05, 4.69) is 17.4 Å². The van der Waals surface area contributed by atoms with Gasteiger partial charge in [0.1, 0.15) is 0 Å². The molecule has 2 unspecified atom stereocenters. The summed E-state index contributed by atoms with van der Waals surface area (Å²) in [5.41, 5.74) is 3.33. The largest absolute Gasteiger partial charge is 0.235 e. The Bertz CT molecular complexity index is 118. The molecule has 0 aromatic rings. The number of hydrazine groups is 1. The molecule has 2 rings (SSSR count). The zero-order chi connectivity index (χ0) is 6.97. The van der Waals surface area contributed by atoms with Crippen molar-refractivity contribution in [2.45, 2.75) is 51.2 Å². The fourth-order valence-electron chi connectivity index (χ4n) is 1.96. The standard InChI is InChI=1S/C8H16N2/c1-7-9-10(7)8-5-3-2-4-6-8/h7-9H,2-6H2,1H3. The third-order valence-electron chi connectivity index (χ3n) is 2.65. The molecule has 0 aromatic heterocycles. The lowest BCUT2D eigenvalue weighted by Crippen LogP contribution is -2.24. The lowest BCUT2D eigenvalue weighted by atomic mass is 9.95. The monoisotopic (exact) mass is 140 g/mol. The normalized spacial score (nSPS) is 41.7. The molecule has 10 heavy (non-hydrogen) atoms. The smallest absolute Gasteiger partial charge is 0.0838 e. The Morgan fingerprint density at radius 3 is 2.30 bits per heavy atom. The second-order valence-corrected chi connectivity index (χ2v) is 3.50. The van der Waals surface area contributed by atoms with E-state index in [-0.39, 0.29) is 0 Å². The molecular formula is C8H16N2. The maximum Gasteiger partial charge on any atom is 0.0838 e. The summed E-state index contributed by atoms with van der Waals surface area (Å²) in [6, 6.07) is 0.865. The van der Waals surface area contributed by atoms with Crippen LogP contribution in [0.3, 0.4) is 0 Å². The Morgan fingerprint density at radius 2 is 1.80 bits per heavy atom. The van der Waals surface area contributed by atoms with E-state index < -0.39 is 0 Å². The van der Waals surface area contributed by atoms with Crippen molar-refractivity contribution in [3.8, 4) is 0 Å². The van der Waals surface area contributed by atoms with Crippen molar-refractivity contribution in [1.82, 2.24) is 10.4 Å². The topological polar surface area (TPSA) is 25.0 Å². The van der Waals surface area contributed by atoms with Gasteiger partial charge in [-0.3, -0.25) is 0 Å². The highest BCUT2D eigenvalue weighted by atomic mass is 15.8. The van der Waals surface area contributed by atoms with E-state index in [0.29, 0.717) is 6.17 Å². The van der Waals surface area contributed by atoms with E-state index in [1.807, 2.05) is 0 Å². The Hall–Kier alpha value is -0.0800. The highest BCUT2D eigenvalue weighted by molar-refractivity contribution is 4.83. The van der Waals surface area contributed by atoms with Crippen molar-refractivity contribution in [1.29, 1.82) is 0 Å². The second kappa shape index (κ2) is 2.51. The number of hydrogen-bond donors (Lipinski definition) is 1. The SMILES string of the molecule is CC1NN1C1CCCCC1. The van der Waals surface area contributed by atoms with Crippen LogP contribution in [0.4, 0.5) is 0 Å². The molecular weight excluding hydrogens is 124 g/mol. The number of nitrogens with zero attached hydrogens (tertiary/aromatic N) is 1. The summed E-state index contributed by atoms with van der Waals surface area (Å²) >= 11 is 0. The maximum absolute atomic E-state index is 3.33. The average molecular weight is 140 g/mol. The molecule has 58 valence electrons. The average Bonchev–Trinajstić information content (AvgIpc) is 2.69. The molecule has 0 aromatic carbocycles. The van der Waals surface area contributed by atoms with Gasteiger partial charge in [0.15, 0.2) is 0 Å². The van der Waals surface area contributed by atoms with E-state index in [1.165, 1.54) is 32.1 Å². The minimum atomic E-state index is 0.670. The summed E-state index contributed by atoms with van der Waals surface area (Å²) in [6.07, 6.45) is 7.83. The minimum Gasteiger partial charge on any atom is -0.235 e. The predicted octanol–water partition coefficient (Wildman–Crippen LogP) is 1.49. The van der Waals surface area contributed by atoms with Gasteiger partial charge in [-0.15, -0.1) is 0 Å². The van der Waals surface area contributed by atoms with Crippen LogP contribution < -0.4 is 5.43 Å². The Kier molecular flexibility index (Phi) is 1.66. The van der Waals surface area contributed by atoms with Gasteiger partial charge in [0, 0.05) is 6.04 Å². The van der Waals surface area contributed by atoms with Crippen LogP contribution in [-0.4, -0.2) is 17.2 Å². The Labute approximate surface area is 62.6 Å². The van der Waals surface area contributed by atoms with Crippen LogP contribution in [0.1, 0.15) is 39.0 Å². The Balaban J connectivity index is 1.81. The summed E-state index contributed by atoms with van der Waals surface area (Å²) in [7, 11) is 0. The molecule has 2 atom stereocenters. The van der Waals surface area contributed by atoms with E-state index in [4.69, 9.17) is 0 Å². The molecule has 0 radical (unpaired) electrons. The summed E-state index contributed by atoms with van der Waals surface area (Å²) in [6.45, 7) is 2.23. The highest BCUT2D eigenvalue weighted by Gasteiger charge is 2.35. The third-order valence-corrected chi connectivity index (χ3v) is 2.65. The molecule has 0 amide bonds. The second-order valence-electron chi connectivity index (χ2n) is 3.50. The minimum absolute atomic E-state index is 0.670. The third kappa shape index (κ3) is 1.18. The van der Waals surface area contributed by atoms with Crippen molar-refractivity contribution in [3.63, 3.8) is 0 Å². The summed E-state index contributed by atoms with van der Waals surface area (Å²) < 4.78 is 0. The van der Waals surface area contributed by atoms with Crippen molar-refractivity contribution in [3.05, 3.63) is 0 Å². The first-order chi connectivity index (χ1) is 4.88. The molecule has 1 N–H and O–H groups in total. The molecule has 1 aliphatic carbocycles. The van der Waals surface area contributed by atoms with E-state index in [9.17, 15) is 0 Å². The van der Waals surface area contributed by atoms with Crippen LogP contribution in [0.2, 0.25) is 0 Å². The number of hydrogen-bond acceptors (Lipinski definition) is 2. The van der Waals surface area contributed by atoms with Crippen molar-refractivity contribution in [2.75, 3.05) is 0 Å². The summed E-state index contributed by atoms with van der Waals surface area (Å²) in [5, 5.41) is 2.40. The van der Waals surface area contributed by atoms with Crippen LogP contribution in [0.25, 0.3) is 0 Å². The van der Waals surface area contributed by atoms with Gasteiger partial charge in [-0.2, -0.15) is 0 Å². The van der Waals surface area contributed by atoms with Gasteiger partial charge in [0.05, 0.1) is 6.17 Å². The van der Waals surface area contributed by atoms with Crippen LogP contribution >= 0.6 is 0 Å².